The van der Waals surface area contributed by atoms with Crippen molar-refractivity contribution in [3.63, 3.8) is 0 Å². The van der Waals surface area contributed by atoms with Crippen molar-refractivity contribution in [1.82, 2.24) is 0 Å². The summed E-state index contributed by atoms with van der Waals surface area (Å²) in [4.78, 5) is 23.8. The lowest BCUT2D eigenvalue weighted by molar-refractivity contribution is -0.142. The molecular formula is C24H48NO9P. The Labute approximate surface area is 210 Å². The minimum atomic E-state index is -4.72. The van der Waals surface area contributed by atoms with Crippen molar-refractivity contribution in [3.05, 3.63) is 0 Å². The summed E-state index contributed by atoms with van der Waals surface area (Å²) in [6.45, 7) is 0.0724. The highest BCUT2D eigenvalue weighted by atomic mass is 31.2. The molecule has 0 aromatic carbocycles. The van der Waals surface area contributed by atoms with E-state index in [2.05, 4.69) is 11.4 Å². The lowest BCUT2D eigenvalue weighted by atomic mass is 10.0. The first-order valence-corrected chi connectivity index (χ1v) is 14.6. The fourth-order valence-corrected chi connectivity index (χ4v) is 4.56. The SMILES string of the molecule is CCCCCCCCCCCCCCCCCC(=O)OP(=O)(OCC(O)CO)OC(=O)[C@@H](N)CO. The number of carbonyl (C=O) groups is 2. The van der Waals surface area contributed by atoms with Crippen molar-refractivity contribution in [2.75, 3.05) is 19.8 Å². The Kier molecular flexibility index (Phi) is 21.5. The van der Waals surface area contributed by atoms with Crippen LogP contribution < -0.4 is 5.73 Å². The molecule has 10 nitrogen and oxygen atoms in total. The Hall–Kier alpha value is -1.03. The molecule has 0 aromatic heterocycles. The minimum absolute atomic E-state index is 0.0439. The molecule has 0 aliphatic heterocycles. The monoisotopic (exact) mass is 525 g/mol. The number of nitrogens with two attached hydrogens (primary N) is 1. The zero-order chi connectivity index (χ0) is 26.4. The van der Waals surface area contributed by atoms with E-state index >= 15 is 0 Å². The van der Waals surface area contributed by atoms with Gasteiger partial charge in [-0.2, -0.15) is 0 Å². The quantitative estimate of drug-likeness (QED) is 0.106. The van der Waals surface area contributed by atoms with Gasteiger partial charge in [-0.15, -0.1) is 0 Å². The van der Waals surface area contributed by atoms with Gasteiger partial charge in [0, 0.05) is 6.42 Å². The molecule has 5 N–H and O–H groups in total. The molecule has 0 aliphatic rings. The Morgan fingerprint density at radius 1 is 0.771 bits per heavy atom. The molecular weight excluding hydrogens is 477 g/mol. The van der Waals surface area contributed by atoms with Gasteiger partial charge in [-0.1, -0.05) is 96.8 Å². The van der Waals surface area contributed by atoms with Crippen LogP contribution in [0, 0.1) is 0 Å². The summed E-state index contributed by atoms with van der Waals surface area (Å²) in [5.74, 6) is -2.17. The standard InChI is InChI=1S/C24H48NO9P/c1-2-3-4-5-6-7-8-9-10-11-12-13-14-15-16-17-23(29)33-35(31,32-20-21(28)18-26)34-24(30)22(25)19-27/h21-22,26-28H,2-20,25H2,1H3/t21?,22-,35?/m0/s1. The lowest BCUT2D eigenvalue weighted by Gasteiger charge is -2.19. The topological polar surface area (TPSA) is 166 Å². The van der Waals surface area contributed by atoms with E-state index < -0.39 is 51.7 Å². The summed E-state index contributed by atoms with van der Waals surface area (Å²) in [5.41, 5.74) is 5.30. The number of hydrogen-bond donors (Lipinski definition) is 4. The summed E-state index contributed by atoms with van der Waals surface area (Å²) < 4.78 is 26.7. The van der Waals surface area contributed by atoms with E-state index in [1.54, 1.807) is 0 Å². The van der Waals surface area contributed by atoms with Gasteiger partial charge in [-0.05, 0) is 6.42 Å². The van der Waals surface area contributed by atoms with Gasteiger partial charge in [-0.3, -0.25) is 9.32 Å². The second kappa shape index (κ2) is 22.2. The van der Waals surface area contributed by atoms with Crippen LogP contribution in [0.1, 0.15) is 110 Å². The molecule has 0 rings (SSSR count). The van der Waals surface area contributed by atoms with Crippen LogP contribution >= 0.6 is 7.82 Å². The zero-order valence-electron chi connectivity index (χ0n) is 21.4. The molecule has 3 atom stereocenters. The van der Waals surface area contributed by atoms with Gasteiger partial charge >= 0.3 is 19.8 Å². The van der Waals surface area contributed by atoms with E-state index in [-0.39, 0.29) is 6.42 Å². The third-order valence-electron chi connectivity index (χ3n) is 5.54. The molecule has 0 radical (unpaired) electrons. The summed E-state index contributed by atoms with van der Waals surface area (Å²) >= 11 is 0. The molecule has 0 saturated carbocycles. The molecule has 0 aromatic rings. The fourth-order valence-electron chi connectivity index (χ4n) is 3.36. The number of carbonyl (C=O) groups excluding carboxylic acids is 2. The molecule has 2 unspecified atom stereocenters. The highest BCUT2D eigenvalue weighted by molar-refractivity contribution is 7.49. The van der Waals surface area contributed by atoms with Crippen LogP contribution in [-0.2, 0) is 27.7 Å². The highest BCUT2D eigenvalue weighted by Gasteiger charge is 2.37. The normalized spacial score (nSPS) is 14.8. The van der Waals surface area contributed by atoms with Crippen LogP contribution in [0.2, 0.25) is 0 Å². The van der Waals surface area contributed by atoms with E-state index in [4.69, 9.17) is 25.0 Å². The molecule has 0 aliphatic carbocycles. The zero-order valence-corrected chi connectivity index (χ0v) is 22.3. The van der Waals surface area contributed by atoms with Crippen molar-refractivity contribution >= 4 is 19.8 Å². The Morgan fingerprint density at radius 2 is 1.23 bits per heavy atom. The third-order valence-corrected chi connectivity index (χ3v) is 6.83. The van der Waals surface area contributed by atoms with Gasteiger partial charge in [-0.25, -0.2) is 9.36 Å². The van der Waals surface area contributed by atoms with E-state index in [1.165, 1.54) is 64.2 Å². The summed E-state index contributed by atoms with van der Waals surface area (Å²) in [6.07, 6.45) is 16.2. The highest BCUT2D eigenvalue weighted by Crippen LogP contribution is 2.50. The van der Waals surface area contributed by atoms with Gasteiger partial charge in [0.2, 0.25) is 0 Å². The first-order valence-electron chi connectivity index (χ1n) is 13.1. The Balaban J connectivity index is 4.00. The number of phosphoric acid groups is 1. The average Bonchev–Trinajstić information content (AvgIpc) is 2.84. The summed E-state index contributed by atoms with van der Waals surface area (Å²) in [7, 11) is -4.72. The second-order valence-electron chi connectivity index (χ2n) is 8.94. The van der Waals surface area contributed by atoms with Crippen molar-refractivity contribution in [2.45, 2.75) is 122 Å². The smallest absolute Gasteiger partial charge is 0.394 e. The second-order valence-corrected chi connectivity index (χ2v) is 10.5. The maximum absolute atomic E-state index is 12.6. The van der Waals surface area contributed by atoms with E-state index in [0.29, 0.717) is 6.42 Å². The number of aliphatic hydroxyl groups is 3. The Bertz CT molecular complexity index is 591. The molecule has 35 heavy (non-hydrogen) atoms. The van der Waals surface area contributed by atoms with E-state index in [1.807, 2.05) is 0 Å². The fraction of sp³-hybridized carbons (Fsp3) is 0.917. The first-order chi connectivity index (χ1) is 16.8. The molecule has 0 bridgehead atoms. The number of rotatable bonds is 24. The predicted octanol–water partition coefficient (Wildman–Crippen LogP) is 4.13. The largest absolute Gasteiger partial charge is 0.592 e. The average molecular weight is 526 g/mol. The van der Waals surface area contributed by atoms with Gasteiger partial charge in [0.05, 0.1) is 19.8 Å². The molecule has 208 valence electrons. The molecule has 0 saturated heterocycles. The third kappa shape index (κ3) is 19.8. The van der Waals surface area contributed by atoms with Gasteiger partial charge in [0.15, 0.2) is 0 Å². The van der Waals surface area contributed by atoms with Crippen LogP contribution in [0.5, 0.6) is 0 Å². The van der Waals surface area contributed by atoms with Crippen LogP contribution in [-0.4, -0.2) is 59.2 Å². The van der Waals surface area contributed by atoms with Crippen LogP contribution in [0.15, 0.2) is 0 Å². The molecule has 0 spiro atoms. The van der Waals surface area contributed by atoms with Crippen LogP contribution in [0.3, 0.4) is 0 Å². The lowest BCUT2D eigenvalue weighted by Crippen LogP contribution is -2.35. The van der Waals surface area contributed by atoms with Crippen LogP contribution in [0.25, 0.3) is 0 Å². The molecule has 0 heterocycles. The number of unbranched alkanes of at least 4 members (excludes halogenated alkanes) is 14. The van der Waals surface area contributed by atoms with Crippen LogP contribution in [0.4, 0.5) is 0 Å². The Morgan fingerprint density at radius 3 is 1.66 bits per heavy atom. The van der Waals surface area contributed by atoms with Crippen molar-refractivity contribution in [2.24, 2.45) is 5.73 Å². The van der Waals surface area contributed by atoms with Gasteiger partial charge < -0.3 is 30.1 Å². The summed E-state index contributed by atoms with van der Waals surface area (Å²) in [5, 5.41) is 27.1. The first kappa shape index (κ1) is 34.0. The maximum Gasteiger partial charge on any atom is 0.592 e. The van der Waals surface area contributed by atoms with Crippen molar-refractivity contribution in [3.8, 4) is 0 Å². The molecule has 11 heteroatoms. The maximum atomic E-state index is 12.6. The number of aliphatic hydroxyl groups excluding tert-OH is 3. The molecule has 0 amide bonds. The van der Waals surface area contributed by atoms with Gasteiger partial charge in [0.25, 0.3) is 0 Å². The molecule has 0 fully saturated rings. The predicted molar refractivity (Wildman–Crippen MR) is 133 cm³/mol. The van der Waals surface area contributed by atoms with Crippen molar-refractivity contribution < 1.29 is 43.0 Å². The van der Waals surface area contributed by atoms with E-state index in [0.717, 1.165) is 25.7 Å². The number of hydrogen-bond acceptors (Lipinski definition) is 10. The van der Waals surface area contributed by atoms with Gasteiger partial charge in [0.1, 0.15) is 12.1 Å². The number of phosphoric ester groups is 1. The van der Waals surface area contributed by atoms with E-state index in [9.17, 15) is 19.3 Å². The van der Waals surface area contributed by atoms with Crippen molar-refractivity contribution in [1.29, 1.82) is 0 Å². The minimum Gasteiger partial charge on any atom is -0.394 e. The summed E-state index contributed by atoms with van der Waals surface area (Å²) in [6, 6.07) is -1.50.